The Bertz CT molecular complexity index is 811. The highest BCUT2D eigenvalue weighted by molar-refractivity contribution is 5.63. The Labute approximate surface area is 119 Å². The number of rotatable bonds is 2. The van der Waals surface area contributed by atoms with Gasteiger partial charge >= 0.3 is 0 Å². The standard InChI is InChI=1S/C14H7N7/c1-16-12-7-10(3-5-18-12)14-19-13(20-21-14)9-2-4-17-11(6-9)8-15/h2-7H,(H,19,20,21). The highest BCUT2D eigenvalue weighted by atomic mass is 15.2. The quantitative estimate of drug-likeness (QED) is 0.723. The van der Waals surface area contributed by atoms with Crippen LogP contribution in [-0.2, 0) is 0 Å². The number of nitriles is 1. The van der Waals surface area contributed by atoms with Gasteiger partial charge < -0.3 is 4.85 Å². The first-order valence-corrected chi connectivity index (χ1v) is 5.93. The molecule has 7 nitrogen and oxygen atoms in total. The van der Waals surface area contributed by atoms with Gasteiger partial charge in [0.2, 0.25) is 0 Å². The van der Waals surface area contributed by atoms with E-state index in [4.69, 9.17) is 11.8 Å². The summed E-state index contributed by atoms with van der Waals surface area (Å²) in [5.41, 5.74) is 1.73. The van der Waals surface area contributed by atoms with Crippen molar-refractivity contribution in [2.24, 2.45) is 0 Å². The summed E-state index contributed by atoms with van der Waals surface area (Å²) in [6, 6.07) is 8.69. The molecule has 0 saturated carbocycles. The molecule has 0 aliphatic rings. The lowest BCUT2D eigenvalue weighted by molar-refractivity contribution is 1.10. The van der Waals surface area contributed by atoms with Gasteiger partial charge in [0.25, 0.3) is 5.82 Å². The van der Waals surface area contributed by atoms with Gasteiger partial charge in [-0.15, -0.1) is 4.98 Å². The Balaban J connectivity index is 2.00. The van der Waals surface area contributed by atoms with E-state index in [1.165, 1.54) is 0 Å². The average Bonchev–Trinajstić information content (AvgIpc) is 3.05. The first-order chi connectivity index (χ1) is 10.3. The van der Waals surface area contributed by atoms with E-state index in [1.807, 2.05) is 6.07 Å². The van der Waals surface area contributed by atoms with Crippen LogP contribution in [-0.4, -0.2) is 25.1 Å². The summed E-state index contributed by atoms with van der Waals surface area (Å²) in [6.07, 6.45) is 3.08. The Morgan fingerprint density at radius 1 is 1.14 bits per heavy atom. The van der Waals surface area contributed by atoms with Crippen LogP contribution in [0.3, 0.4) is 0 Å². The molecule has 0 saturated heterocycles. The lowest BCUT2D eigenvalue weighted by Crippen LogP contribution is -1.86. The van der Waals surface area contributed by atoms with Gasteiger partial charge in [-0.3, -0.25) is 5.10 Å². The Morgan fingerprint density at radius 3 is 2.76 bits per heavy atom. The number of nitrogens with zero attached hydrogens (tertiary/aromatic N) is 6. The van der Waals surface area contributed by atoms with E-state index in [1.54, 1.807) is 36.7 Å². The smallest absolute Gasteiger partial charge is 0.270 e. The molecule has 98 valence electrons. The third kappa shape index (κ3) is 2.44. The lowest BCUT2D eigenvalue weighted by Gasteiger charge is -1.95. The maximum Gasteiger partial charge on any atom is 0.270 e. The van der Waals surface area contributed by atoms with Gasteiger partial charge in [-0.05, 0) is 24.3 Å². The molecule has 21 heavy (non-hydrogen) atoms. The van der Waals surface area contributed by atoms with Crippen molar-refractivity contribution >= 4 is 5.82 Å². The molecule has 7 heteroatoms. The number of hydrogen-bond acceptors (Lipinski definition) is 5. The van der Waals surface area contributed by atoms with Gasteiger partial charge in [-0.1, -0.05) is 6.57 Å². The van der Waals surface area contributed by atoms with E-state index in [2.05, 4.69) is 30.0 Å². The minimum atomic E-state index is 0.287. The molecule has 3 aromatic heterocycles. The zero-order chi connectivity index (χ0) is 14.7. The SMILES string of the molecule is [C-]#[N+]c1cc(-c2n[nH]c(-c3ccnc(C#N)c3)n2)ccn1. The molecule has 0 amide bonds. The third-order valence-corrected chi connectivity index (χ3v) is 2.75. The molecule has 3 rings (SSSR count). The highest BCUT2D eigenvalue weighted by Crippen LogP contribution is 2.22. The molecular weight excluding hydrogens is 266 g/mol. The average molecular weight is 273 g/mol. The van der Waals surface area contributed by atoms with Crippen LogP contribution in [0.4, 0.5) is 5.82 Å². The fourth-order valence-corrected chi connectivity index (χ4v) is 1.78. The van der Waals surface area contributed by atoms with Crippen LogP contribution >= 0.6 is 0 Å². The Morgan fingerprint density at radius 2 is 1.95 bits per heavy atom. The van der Waals surface area contributed by atoms with E-state index in [0.29, 0.717) is 22.9 Å². The van der Waals surface area contributed by atoms with Crippen molar-refractivity contribution in [1.29, 1.82) is 5.26 Å². The third-order valence-electron chi connectivity index (χ3n) is 2.75. The van der Waals surface area contributed by atoms with E-state index < -0.39 is 0 Å². The predicted octanol–water partition coefficient (Wildman–Crippen LogP) is 2.35. The topological polar surface area (TPSA) is 95.5 Å². The van der Waals surface area contributed by atoms with Crippen molar-refractivity contribution < 1.29 is 0 Å². The summed E-state index contributed by atoms with van der Waals surface area (Å²) in [7, 11) is 0. The summed E-state index contributed by atoms with van der Waals surface area (Å²) >= 11 is 0. The molecular formula is C14H7N7. The second-order valence-electron chi connectivity index (χ2n) is 4.06. The molecule has 0 fully saturated rings. The van der Waals surface area contributed by atoms with Crippen LogP contribution in [0.1, 0.15) is 5.69 Å². The monoisotopic (exact) mass is 273 g/mol. The summed E-state index contributed by atoms with van der Waals surface area (Å²) in [5, 5.41) is 15.8. The predicted molar refractivity (Wildman–Crippen MR) is 73.8 cm³/mol. The van der Waals surface area contributed by atoms with Gasteiger partial charge in [0.1, 0.15) is 18.0 Å². The van der Waals surface area contributed by atoms with Crippen LogP contribution in [0.2, 0.25) is 0 Å². The van der Waals surface area contributed by atoms with Crippen LogP contribution < -0.4 is 0 Å². The van der Waals surface area contributed by atoms with Crippen LogP contribution in [0, 0.1) is 17.9 Å². The molecule has 0 radical (unpaired) electrons. The minimum Gasteiger partial charge on any atom is -0.361 e. The second-order valence-corrected chi connectivity index (χ2v) is 4.06. The number of aromatic nitrogens is 5. The van der Waals surface area contributed by atoms with Gasteiger partial charge in [0, 0.05) is 17.3 Å². The maximum atomic E-state index is 8.86. The van der Waals surface area contributed by atoms with Gasteiger partial charge in [0.15, 0.2) is 11.6 Å². The Kier molecular flexibility index (Phi) is 3.08. The summed E-state index contributed by atoms with van der Waals surface area (Å²) < 4.78 is 0. The number of aromatic amines is 1. The van der Waals surface area contributed by atoms with Gasteiger partial charge in [-0.2, -0.15) is 10.4 Å². The number of hydrogen-bond donors (Lipinski definition) is 1. The molecule has 3 heterocycles. The van der Waals surface area contributed by atoms with E-state index in [0.717, 1.165) is 5.56 Å². The summed E-state index contributed by atoms with van der Waals surface area (Å²) in [5.74, 6) is 1.28. The first kappa shape index (κ1) is 12.5. The summed E-state index contributed by atoms with van der Waals surface area (Å²) in [6.45, 7) is 6.96. The van der Waals surface area contributed by atoms with E-state index >= 15 is 0 Å². The van der Waals surface area contributed by atoms with Crippen molar-refractivity contribution in [3.63, 3.8) is 0 Å². The molecule has 0 atom stereocenters. The Hall–Kier alpha value is -3.58. The molecule has 0 unspecified atom stereocenters. The summed E-state index contributed by atoms with van der Waals surface area (Å²) in [4.78, 5) is 15.5. The zero-order valence-electron chi connectivity index (χ0n) is 10.6. The van der Waals surface area contributed by atoms with Crippen LogP contribution in [0.25, 0.3) is 27.6 Å². The van der Waals surface area contributed by atoms with Crippen molar-refractivity contribution in [2.45, 2.75) is 0 Å². The first-order valence-electron chi connectivity index (χ1n) is 5.93. The van der Waals surface area contributed by atoms with Crippen molar-refractivity contribution in [3.8, 4) is 28.8 Å². The van der Waals surface area contributed by atoms with Crippen LogP contribution in [0.5, 0.6) is 0 Å². The van der Waals surface area contributed by atoms with E-state index in [9.17, 15) is 0 Å². The second kappa shape index (κ2) is 5.19. The molecule has 0 aliphatic heterocycles. The molecule has 3 aromatic rings. The number of pyridine rings is 2. The van der Waals surface area contributed by atoms with Crippen LogP contribution in [0.15, 0.2) is 36.7 Å². The number of nitrogens with one attached hydrogen (secondary N) is 1. The normalized spacial score (nSPS) is 9.81. The van der Waals surface area contributed by atoms with Gasteiger partial charge in [-0.25, -0.2) is 9.97 Å². The molecule has 0 aromatic carbocycles. The van der Waals surface area contributed by atoms with E-state index in [-0.39, 0.29) is 5.82 Å². The fourth-order valence-electron chi connectivity index (χ4n) is 1.78. The lowest BCUT2D eigenvalue weighted by atomic mass is 10.2. The molecule has 0 spiro atoms. The molecule has 0 aliphatic carbocycles. The molecule has 0 bridgehead atoms. The fraction of sp³-hybridized carbons (Fsp3) is 0. The highest BCUT2D eigenvalue weighted by Gasteiger charge is 2.09. The maximum absolute atomic E-state index is 8.86. The largest absolute Gasteiger partial charge is 0.361 e. The minimum absolute atomic E-state index is 0.287. The van der Waals surface area contributed by atoms with Gasteiger partial charge in [0.05, 0.1) is 0 Å². The number of H-pyrrole nitrogens is 1. The van der Waals surface area contributed by atoms with Crippen molar-refractivity contribution in [1.82, 2.24) is 25.1 Å². The molecule has 1 N–H and O–H groups in total. The van der Waals surface area contributed by atoms with Crippen molar-refractivity contribution in [3.05, 3.63) is 53.8 Å². The zero-order valence-corrected chi connectivity index (χ0v) is 10.6. The van der Waals surface area contributed by atoms with Crippen molar-refractivity contribution in [2.75, 3.05) is 0 Å².